The highest BCUT2D eigenvalue weighted by Gasteiger charge is 2.19. The van der Waals surface area contributed by atoms with E-state index in [1.54, 1.807) is 17.0 Å². The molecule has 0 saturated carbocycles. The zero-order valence-corrected chi connectivity index (χ0v) is 15.1. The molecule has 0 aliphatic carbocycles. The number of aromatic nitrogens is 2. The van der Waals surface area contributed by atoms with Crippen LogP contribution < -0.4 is 0 Å². The van der Waals surface area contributed by atoms with Crippen molar-refractivity contribution >= 4 is 5.91 Å². The quantitative estimate of drug-likeness (QED) is 0.609. The Balaban J connectivity index is 1.65. The normalized spacial score (nSPS) is 10.8. The Morgan fingerprint density at radius 1 is 1.15 bits per heavy atom. The molecule has 1 aromatic carbocycles. The van der Waals surface area contributed by atoms with Gasteiger partial charge in [-0.3, -0.25) is 4.79 Å². The number of unbranched alkanes of at least 4 members (excludes halogenated alkanes) is 1. The van der Waals surface area contributed by atoms with Crippen LogP contribution in [0.1, 0.15) is 41.8 Å². The third-order valence-electron chi connectivity index (χ3n) is 4.17. The fourth-order valence-electron chi connectivity index (χ4n) is 2.63. The van der Waals surface area contributed by atoms with Gasteiger partial charge in [0.15, 0.2) is 5.76 Å². The highest BCUT2D eigenvalue weighted by molar-refractivity contribution is 5.91. The summed E-state index contributed by atoms with van der Waals surface area (Å²) >= 11 is 0. The molecule has 6 heteroatoms. The molecule has 136 valence electrons. The summed E-state index contributed by atoms with van der Waals surface area (Å²) in [5.41, 5.74) is 2.10. The number of nitrogens with zero attached hydrogens (tertiary/aromatic N) is 3. The average Bonchev–Trinajstić information content (AvgIpc) is 3.34. The van der Waals surface area contributed by atoms with Crippen molar-refractivity contribution in [2.75, 3.05) is 13.1 Å². The van der Waals surface area contributed by atoms with Gasteiger partial charge in [-0.2, -0.15) is 4.98 Å². The van der Waals surface area contributed by atoms with E-state index in [4.69, 9.17) is 8.94 Å². The Bertz CT molecular complexity index is 822. The van der Waals surface area contributed by atoms with E-state index in [1.807, 2.05) is 31.2 Å². The van der Waals surface area contributed by atoms with Crippen molar-refractivity contribution in [3.8, 4) is 11.4 Å². The number of rotatable bonds is 8. The molecule has 0 aliphatic heterocycles. The zero-order chi connectivity index (χ0) is 18.4. The second kappa shape index (κ2) is 8.47. The summed E-state index contributed by atoms with van der Waals surface area (Å²) in [7, 11) is 0. The molecule has 1 amide bonds. The number of aryl methyl sites for hydroxylation is 1. The van der Waals surface area contributed by atoms with E-state index < -0.39 is 0 Å². The Hall–Kier alpha value is -2.89. The third kappa shape index (κ3) is 4.39. The lowest BCUT2D eigenvalue weighted by atomic mass is 10.1. The van der Waals surface area contributed by atoms with E-state index in [9.17, 15) is 4.79 Å². The van der Waals surface area contributed by atoms with Crippen molar-refractivity contribution < 1.29 is 13.7 Å². The van der Waals surface area contributed by atoms with Crippen LogP contribution in [0.2, 0.25) is 0 Å². The lowest BCUT2D eigenvalue weighted by Gasteiger charge is -2.20. The molecule has 0 N–H and O–H groups in total. The molecule has 0 unspecified atom stereocenters. The minimum absolute atomic E-state index is 0.110. The number of amides is 1. The number of carbonyl (C=O) groups excluding carboxylic acids is 1. The monoisotopic (exact) mass is 353 g/mol. The lowest BCUT2D eigenvalue weighted by Crippen LogP contribution is -2.33. The van der Waals surface area contributed by atoms with E-state index in [1.165, 1.54) is 11.8 Å². The molecule has 0 spiro atoms. The van der Waals surface area contributed by atoms with Gasteiger partial charge in [0.05, 0.1) is 6.26 Å². The maximum absolute atomic E-state index is 12.6. The highest BCUT2D eigenvalue weighted by atomic mass is 16.5. The van der Waals surface area contributed by atoms with Gasteiger partial charge in [-0.05, 0) is 25.5 Å². The van der Waals surface area contributed by atoms with Crippen molar-refractivity contribution in [3.05, 3.63) is 59.9 Å². The van der Waals surface area contributed by atoms with Crippen molar-refractivity contribution in [1.82, 2.24) is 15.0 Å². The maximum atomic E-state index is 12.6. The van der Waals surface area contributed by atoms with Crippen molar-refractivity contribution in [2.24, 2.45) is 0 Å². The van der Waals surface area contributed by atoms with Gasteiger partial charge in [0.1, 0.15) is 0 Å². The van der Waals surface area contributed by atoms with Crippen molar-refractivity contribution in [2.45, 2.75) is 33.1 Å². The predicted octanol–water partition coefficient (Wildman–Crippen LogP) is 4.12. The van der Waals surface area contributed by atoms with E-state index in [0.29, 0.717) is 37.0 Å². The summed E-state index contributed by atoms with van der Waals surface area (Å²) < 4.78 is 10.6. The Morgan fingerprint density at radius 2 is 1.96 bits per heavy atom. The summed E-state index contributed by atoms with van der Waals surface area (Å²) in [6, 6.07) is 11.4. The second-order valence-electron chi connectivity index (χ2n) is 6.25. The summed E-state index contributed by atoms with van der Waals surface area (Å²) in [4.78, 5) is 18.8. The van der Waals surface area contributed by atoms with Gasteiger partial charge in [0, 0.05) is 25.1 Å². The molecule has 0 atom stereocenters. The van der Waals surface area contributed by atoms with Gasteiger partial charge in [-0.15, -0.1) is 0 Å². The van der Waals surface area contributed by atoms with Crippen molar-refractivity contribution in [1.29, 1.82) is 0 Å². The van der Waals surface area contributed by atoms with Gasteiger partial charge < -0.3 is 13.8 Å². The van der Waals surface area contributed by atoms with E-state index in [0.717, 1.165) is 18.4 Å². The van der Waals surface area contributed by atoms with E-state index in [2.05, 4.69) is 17.1 Å². The molecule has 6 nitrogen and oxygen atoms in total. The van der Waals surface area contributed by atoms with Gasteiger partial charge in [-0.1, -0.05) is 48.3 Å². The fourth-order valence-corrected chi connectivity index (χ4v) is 2.63. The van der Waals surface area contributed by atoms with Crippen LogP contribution in [0.3, 0.4) is 0 Å². The van der Waals surface area contributed by atoms with Crippen LogP contribution in [-0.4, -0.2) is 34.0 Å². The van der Waals surface area contributed by atoms with Crippen molar-refractivity contribution in [3.63, 3.8) is 0 Å². The van der Waals surface area contributed by atoms with Gasteiger partial charge in [0.25, 0.3) is 5.91 Å². The molecule has 0 saturated heterocycles. The van der Waals surface area contributed by atoms with Gasteiger partial charge >= 0.3 is 0 Å². The summed E-state index contributed by atoms with van der Waals surface area (Å²) in [5, 5.41) is 4.04. The molecule has 2 aromatic heterocycles. The first-order valence-corrected chi connectivity index (χ1v) is 8.89. The number of benzene rings is 1. The number of hydrogen-bond donors (Lipinski definition) is 0. The van der Waals surface area contributed by atoms with Crippen LogP contribution in [0.25, 0.3) is 11.4 Å². The molecule has 0 fully saturated rings. The van der Waals surface area contributed by atoms with Crippen LogP contribution in [0, 0.1) is 6.92 Å². The number of hydrogen-bond acceptors (Lipinski definition) is 5. The predicted molar refractivity (Wildman–Crippen MR) is 97.7 cm³/mol. The minimum atomic E-state index is -0.110. The van der Waals surface area contributed by atoms with E-state index >= 15 is 0 Å². The molecule has 26 heavy (non-hydrogen) atoms. The molecule has 0 radical (unpaired) electrons. The molecular formula is C20H23N3O3. The lowest BCUT2D eigenvalue weighted by molar-refractivity contribution is 0.0720. The Labute approximate surface area is 152 Å². The minimum Gasteiger partial charge on any atom is -0.459 e. The molecule has 0 bridgehead atoms. The zero-order valence-electron chi connectivity index (χ0n) is 15.1. The highest BCUT2D eigenvalue weighted by Crippen LogP contribution is 2.17. The molecule has 3 rings (SSSR count). The van der Waals surface area contributed by atoms with Crippen LogP contribution in [0.5, 0.6) is 0 Å². The maximum Gasteiger partial charge on any atom is 0.289 e. The van der Waals surface area contributed by atoms with Gasteiger partial charge in [-0.25, -0.2) is 0 Å². The fraction of sp³-hybridized carbons (Fsp3) is 0.350. The van der Waals surface area contributed by atoms with Crippen LogP contribution in [0.15, 0.2) is 51.6 Å². The first-order chi connectivity index (χ1) is 12.7. The van der Waals surface area contributed by atoms with Crippen LogP contribution >= 0.6 is 0 Å². The van der Waals surface area contributed by atoms with Gasteiger partial charge in [0.2, 0.25) is 11.7 Å². The largest absolute Gasteiger partial charge is 0.459 e. The topological polar surface area (TPSA) is 72.4 Å². The number of carbonyl (C=O) groups is 1. The standard InChI is InChI=1S/C20H23N3O3/c1-3-4-12-23(20(24)17-6-5-14-25-17)13-11-18-21-19(22-26-18)16-9-7-15(2)8-10-16/h5-10,14H,3-4,11-13H2,1-2H3. The first-order valence-electron chi connectivity index (χ1n) is 8.89. The Kier molecular flexibility index (Phi) is 5.84. The smallest absolute Gasteiger partial charge is 0.289 e. The number of furan rings is 1. The summed E-state index contributed by atoms with van der Waals surface area (Å²) in [5.74, 6) is 1.33. The SMILES string of the molecule is CCCCN(CCc1nc(-c2ccc(C)cc2)no1)C(=O)c1ccco1. The summed E-state index contributed by atoms with van der Waals surface area (Å²) in [6.45, 7) is 5.32. The summed E-state index contributed by atoms with van der Waals surface area (Å²) in [6.07, 6.45) is 3.97. The van der Waals surface area contributed by atoms with Crippen LogP contribution in [0.4, 0.5) is 0 Å². The van der Waals surface area contributed by atoms with E-state index in [-0.39, 0.29) is 5.91 Å². The average molecular weight is 353 g/mol. The molecule has 0 aliphatic rings. The molecular weight excluding hydrogens is 330 g/mol. The third-order valence-corrected chi connectivity index (χ3v) is 4.17. The molecule has 2 heterocycles. The Morgan fingerprint density at radius 3 is 2.65 bits per heavy atom. The molecule has 3 aromatic rings. The van der Waals surface area contributed by atoms with Crippen LogP contribution in [-0.2, 0) is 6.42 Å². The first kappa shape index (κ1) is 17.9. The second-order valence-corrected chi connectivity index (χ2v) is 6.25.